The molecule has 1 unspecified atom stereocenters. The second kappa shape index (κ2) is 4.66. The molecule has 0 spiro atoms. The number of aliphatic hydroxyl groups is 1. The molecule has 0 aliphatic carbocycles. The molecule has 1 aromatic carbocycles. The molecule has 1 nitrogen and oxygen atoms in total. The summed E-state index contributed by atoms with van der Waals surface area (Å²) in [5, 5.41) is 9.02. The zero-order valence-electron chi connectivity index (χ0n) is 7.05. The van der Waals surface area contributed by atoms with Crippen molar-refractivity contribution in [1.29, 1.82) is 0 Å². The van der Waals surface area contributed by atoms with E-state index in [-0.39, 0.29) is 10.6 Å². The molecule has 0 radical (unpaired) electrons. The molecule has 1 rings (SSSR count). The first-order valence-corrected chi connectivity index (χ1v) is 4.28. The third-order valence-electron chi connectivity index (χ3n) is 1.74. The van der Waals surface area contributed by atoms with Gasteiger partial charge in [-0.3, -0.25) is 0 Å². The van der Waals surface area contributed by atoms with Crippen molar-refractivity contribution >= 4 is 11.6 Å². The standard InChI is InChI=1S/C9H8ClF3O/c10-6-2-1-5(7(11)4-6)3-8(14)9(12)13/h1-2,4,8-9,14H,3H2. The summed E-state index contributed by atoms with van der Waals surface area (Å²) in [6.07, 6.45) is -5.13. The van der Waals surface area contributed by atoms with E-state index in [1.165, 1.54) is 12.1 Å². The van der Waals surface area contributed by atoms with Crippen molar-refractivity contribution in [2.45, 2.75) is 19.0 Å². The molecule has 14 heavy (non-hydrogen) atoms. The number of hydrogen-bond acceptors (Lipinski definition) is 1. The van der Waals surface area contributed by atoms with Gasteiger partial charge in [0.05, 0.1) is 0 Å². The van der Waals surface area contributed by atoms with Gasteiger partial charge >= 0.3 is 0 Å². The first kappa shape index (κ1) is 11.3. The van der Waals surface area contributed by atoms with Crippen LogP contribution in [0.25, 0.3) is 0 Å². The molecule has 0 aromatic heterocycles. The molecule has 0 bridgehead atoms. The molecule has 0 amide bonds. The summed E-state index contributed by atoms with van der Waals surface area (Å²) in [7, 11) is 0. The minimum atomic E-state index is -2.87. The van der Waals surface area contributed by atoms with E-state index in [9.17, 15) is 13.2 Å². The average Bonchev–Trinajstić information content (AvgIpc) is 2.09. The number of alkyl halides is 2. The topological polar surface area (TPSA) is 20.2 Å². The lowest BCUT2D eigenvalue weighted by Gasteiger charge is -2.09. The third kappa shape index (κ3) is 2.89. The van der Waals surface area contributed by atoms with E-state index < -0.39 is 24.8 Å². The van der Waals surface area contributed by atoms with Gasteiger partial charge < -0.3 is 5.11 Å². The molecule has 0 heterocycles. The van der Waals surface area contributed by atoms with Gasteiger partial charge in [0.1, 0.15) is 11.9 Å². The van der Waals surface area contributed by atoms with Crippen LogP contribution in [0, 0.1) is 5.82 Å². The van der Waals surface area contributed by atoms with E-state index in [0.29, 0.717) is 0 Å². The molecule has 0 aliphatic rings. The van der Waals surface area contributed by atoms with Crippen molar-refractivity contribution < 1.29 is 18.3 Å². The number of benzene rings is 1. The van der Waals surface area contributed by atoms with Crippen LogP contribution < -0.4 is 0 Å². The predicted octanol–water partition coefficient (Wildman–Crippen LogP) is 2.65. The molecule has 1 N–H and O–H groups in total. The highest BCUT2D eigenvalue weighted by molar-refractivity contribution is 6.30. The lowest BCUT2D eigenvalue weighted by molar-refractivity contribution is -0.00405. The van der Waals surface area contributed by atoms with E-state index in [1.807, 2.05) is 0 Å². The Morgan fingerprint density at radius 2 is 2.00 bits per heavy atom. The van der Waals surface area contributed by atoms with E-state index in [1.54, 1.807) is 0 Å². The summed E-state index contributed by atoms with van der Waals surface area (Å²) < 4.78 is 36.9. The fourth-order valence-electron chi connectivity index (χ4n) is 1.00. The molecule has 0 saturated heterocycles. The Morgan fingerprint density at radius 3 is 2.50 bits per heavy atom. The second-order valence-electron chi connectivity index (χ2n) is 2.84. The molecule has 0 fully saturated rings. The quantitative estimate of drug-likeness (QED) is 0.837. The van der Waals surface area contributed by atoms with Crippen LogP contribution in [0.4, 0.5) is 13.2 Å². The van der Waals surface area contributed by atoms with Gasteiger partial charge in [-0.2, -0.15) is 0 Å². The van der Waals surface area contributed by atoms with Crippen molar-refractivity contribution in [2.24, 2.45) is 0 Å². The monoisotopic (exact) mass is 224 g/mol. The van der Waals surface area contributed by atoms with Gasteiger partial charge in [-0.15, -0.1) is 0 Å². The van der Waals surface area contributed by atoms with E-state index >= 15 is 0 Å². The number of rotatable bonds is 3. The largest absolute Gasteiger partial charge is 0.387 e. The van der Waals surface area contributed by atoms with Crippen LogP contribution in [0.2, 0.25) is 5.02 Å². The minimum absolute atomic E-state index is 0.0298. The molecule has 0 aliphatic heterocycles. The zero-order chi connectivity index (χ0) is 10.7. The van der Waals surface area contributed by atoms with Gasteiger partial charge in [-0.1, -0.05) is 17.7 Å². The van der Waals surface area contributed by atoms with E-state index in [4.69, 9.17) is 16.7 Å². The van der Waals surface area contributed by atoms with Crippen LogP contribution in [0.5, 0.6) is 0 Å². The highest BCUT2D eigenvalue weighted by Crippen LogP contribution is 2.17. The zero-order valence-corrected chi connectivity index (χ0v) is 7.81. The van der Waals surface area contributed by atoms with Crippen LogP contribution in [0.15, 0.2) is 18.2 Å². The summed E-state index contributed by atoms with van der Waals surface area (Å²) in [5.74, 6) is -0.683. The maximum atomic E-state index is 13.0. The lowest BCUT2D eigenvalue weighted by atomic mass is 10.1. The Balaban J connectivity index is 2.77. The Labute approximate surface area is 84.1 Å². The molecule has 1 aromatic rings. The third-order valence-corrected chi connectivity index (χ3v) is 1.97. The summed E-state index contributed by atoms with van der Waals surface area (Å²) in [6, 6.07) is 3.69. The second-order valence-corrected chi connectivity index (χ2v) is 3.28. The van der Waals surface area contributed by atoms with Gasteiger partial charge in [0.2, 0.25) is 0 Å². The number of aliphatic hydroxyl groups excluding tert-OH is 1. The average molecular weight is 225 g/mol. The first-order valence-electron chi connectivity index (χ1n) is 3.91. The van der Waals surface area contributed by atoms with Crippen LogP contribution in [0.1, 0.15) is 5.56 Å². The smallest absolute Gasteiger partial charge is 0.264 e. The number of halogens is 4. The maximum Gasteiger partial charge on any atom is 0.264 e. The molecule has 1 atom stereocenters. The molecule has 5 heteroatoms. The van der Waals surface area contributed by atoms with Gasteiger partial charge in [-0.05, 0) is 17.7 Å². The van der Waals surface area contributed by atoms with E-state index in [2.05, 4.69) is 0 Å². The van der Waals surface area contributed by atoms with Crippen molar-refractivity contribution in [3.05, 3.63) is 34.6 Å². The van der Waals surface area contributed by atoms with Crippen molar-refractivity contribution in [3.8, 4) is 0 Å². The van der Waals surface area contributed by atoms with Gasteiger partial charge in [0.25, 0.3) is 6.43 Å². The Kier molecular flexibility index (Phi) is 3.77. The Bertz CT molecular complexity index is 317. The van der Waals surface area contributed by atoms with Crippen molar-refractivity contribution in [2.75, 3.05) is 0 Å². The molecular weight excluding hydrogens is 217 g/mol. The maximum absolute atomic E-state index is 13.0. The van der Waals surface area contributed by atoms with E-state index in [0.717, 1.165) is 6.07 Å². The van der Waals surface area contributed by atoms with Crippen LogP contribution in [-0.2, 0) is 6.42 Å². The van der Waals surface area contributed by atoms with Crippen LogP contribution >= 0.6 is 11.6 Å². The molecule has 78 valence electrons. The fraction of sp³-hybridized carbons (Fsp3) is 0.333. The Hall–Kier alpha value is -0.740. The SMILES string of the molecule is OC(Cc1ccc(Cl)cc1F)C(F)F. The van der Waals surface area contributed by atoms with Crippen LogP contribution in [-0.4, -0.2) is 17.6 Å². The molecular formula is C9H8ClF3O. The summed E-state index contributed by atoms with van der Waals surface area (Å²) in [5.41, 5.74) is 0.0298. The Morgan fingerprint density at radius 1 is 1.36 bits per heavy atom. The lowest BCUT2D eigenvalue weighted by Crippen LogP contribution is -2.20. The normalized spacial score (nSPS) is 13.3. The van der Waals surface area contributed by atoms with Gasteiger partial charge in [0.15, 0.2) is 0 Å². The highest BCUT2D eigenvalue weighted by atomic mass is 35.5. The summed E-state index contributed by atoms with van der Waals surface area (Å²) in [4.78, 5) is 0. The number of hydrogen-bond donors (Lipinski definition) is 1. The van der Waals surface area contributed by atoms with Crippen molar-refractivity contribution in [1.82, 2.24) is 0 Å². The van der Waals surface area contributed by atoms with Gasteiger partial charge in [0, 0.05) is 11.4 Å². The predicted molar refractivity (Wildman–Crippen MR) is 47.1 cm³/mol. The first-order chi connectivity index (χ1) is 6.50. The minimum Gasteiger partial charge on any atom is -0.387 e. The fourth-order valence-corrected chi connectivity index (χ4v) is 1.16. The summed E-state index contributed by atoms with van der Waals surface area (Å²) in [6.45, 7) is 0. The highest BCUT2D eigenvalue weighted by Gasteiger charge is 2.18. The molecule has 0 saturated carbocycles. The summed E-state index contributed by atoms with van der Waals surface area (Å²) >= 11 is 5.47. The van der Waals surface area contributed by atoms with Gasteiger partial charge in [-0.25, -0.2) is 13.2 Å². The van der Waals surface area contributed by atoms with Crippen molar-refractivity contribution in [3.63, 3.8) is 0 Å². The van der Waals surface area contributed by atoms with Crippen LogP contribution in [0.3, 0.4) is 0 Å².